The van der Waals surface area contributed by atoms with Gasteiger partial charge < -0.3 is 14.4 Å². The van der Waals surface area contributed by atoms with Crippen molar-refractivity contribution in [3.63, 3.8) is 0 Å². The number of carbonyl (C=O) groups excluding carboxylic acids is 1. The first kappa shape index (κ1) is 18.8. The lowest BCUT2D eigenvalue weighted by Crippen LogP contribution is -2.42. The van der Waals surface area contributed by atoms with Crippen LogP contribution in [0.5, 0.6) is 5.75 Å². The van der Waals surface area contributed by atoms with Gasteiger partial charge in [0.1, 0.15) is 5.75 Å². The molecule has 1 aromatic carbocycles. The summed E-state index contributed by atoms with van der Waals surface area (Å²) in [6.07, 6.45) is 1.16. The summed E-state index contributed by atoms with van der Waals surface area (Å²) in [5.74, 6) is 0.275. The van der Waals surface area contributed by atoms with Crippen molar-refractivity contribution in [1.29, 1.82) is 0 Å². The summed E-state index contributed by atoms with van der Waals surface area (Å²) in [5.41, 5.74) is 0.322. The highest BCUT2D eigenvalue weighted by atomic mass is 35.5. The Morgan fingerprint density at radius 3 is 2.62 bits per heavy atom. The number of rotatable bonds is 6. The highest BCUT2D eigenvalue weighted by molar-refractivity contribution is 7.92. The molecule has 0 N–H and O–H groups in total. The van der Waals surface area contributed by atoms with Crippen LogP contribution < -0.4 is 9.04 Å². The van der Waals surface area contributed by atoms with Crippen molar-refractivity contribution < 1.29 is 22.7 Å². The Balaban J connectivity index is 2.18. The van der Waals surface area contributed by atoms with Gasteiger partial charge in [0.05, 0.1) is 32.3 Å². The van der Waals surface area contributed by atoms with Gasteiger partial charge in [0, 0.05) is 31.1 Å². The zero-order chi connectivity index (χ0) is 17.7. The van der Waals surface area contributed by atoms with Gasteiger partial charge in [-0.25, -0.2) is 8.42 Å². The summed E-state index contributed by atoms with van der Waals surface area (Å²) in [4.78, 5) is 14.0. The second-order valence-electron chi connectivity index (χ2n) is 5.39. The maximum absolute atomic E-state index is 12.3. The van der Waals surface area contributed by atoms with E-state index in [1.54, 1.807) is 17.0 Å². The van der Waals surface area contributed by atoms with Crippen molar-refractivity contribution in [1.82, 2.24) is 4.90 Å². The van der Waals surface area contributed by atoms with Gasteiger partial charge in [-0.05, 0) is 18.2 Å². The van der Waals surface area contributed by atoms with Gasteiger partial charge in [0.2, 0.25) is 15.9 Å². The number of carbonyl (C=O) groups is 1. The van der Waals surface area contributed by atoms with Crippen LogP contribution in [0.1, 0.15) is 6.42 Å². The topological polar surface area (TPSA) is 76.2 Å². The molecule has 1 amide bonds. The summed E-state index contributed by atoms with van der Waals surface area (Å²) >= 11 is 5.99. The zero-order valence-electron chi connectivity index (χ0n) is 13.7. The third-order valence-corrected chi connectivity index (χ3v) is 5.12. The minimum Gasteiger partial charge on any atom is -0.495 e. The number of amides is 1. The maximum atomic E-state index is 12.3. The van der Waals surface area contributed by atoms with Crippen molar-refractivity contribution in [2.24, 2.45) is 0 Å². The number of hydrogen-bond acceptors (Lipinski definition) is 5. The van der Waals surface area contributed by atoms with Gasteiger partial charge in [-0.2, -0.15) is 0 Å². The van der Waals surface area contributed by atoms with Gasteiger partial charge in [0.15, 0.2) is 0 Å². The largest absolute Gasteiger partial charge is 0.495 e. The normalized spacial score (nSPS) is 15.2. The third kappa shape index (κ3) is 4.75. The summed E-state index contributed by atoms with van der Waals surface area (Å²) in [6.45, 7) is 2.08. The molecular weight excluding hydrogens is 356 g/mol. The number of morpholine rings is 1. The molecule has 0 aliphatic carbocycles. The standard InChI is InChI=1S/C15H21ClN2O5S/c1-22-14-4-3-12(16)11-13(14)18(24(2,20)21)6-5-15(19)17-7-9-23-10-8-17/h3-4,11H,5-10H2,1-2H3. The van der Waals surface area contributed by atoms with Crippen LogP contribution in [-0.2, 0) is 19.6 Å². The van der Waals surface area contributed by atoms with E-state index in [4.69, 9.17) is 21.1 Å². The van der Waals surface area contributed by atoms with Crippen molar-refractivity contribution in [3.05, 3.63) is 23.2 Å². The number of hydrogen-bond donors (Lipinski definition) is 0. The van der Waals surface area contributed by atoms with Crippen LogP contribution in [0.4, 0.5) is 5.69 Å². The summed E-state index contributed by atoms with van der Waals surface area (Å²) in [7, 11) is -2.14. The van der Waals surface area contributed by atoms with Gasteiger partial charge >= 0.3 is 0 Å². The van der Waals surface area contributed by atoms with E-state index < -0.39 is 10.0 Å². The van der Waals surface area contributed by atoms with Crippen LogP contribution in [-0.4, -0.2) is 65.4 Å². The molecule has 0 aromatic heterocycles. The molecule has 1 fully saturated rings. The number of halogens is 1. The molecule has 0 atom stereocenters. The highest BCUT2D eigenvalue weighted by Gasteiger charge is 2.24. The zero-order valence-corrected chi connectivity index (χ0v) is 15.3. The molecule has 2 rings (SSSR count). The van der Waals surface area contributed by atoms with Crippen LogP contribution >= 0.6 is 11.6 Å². The second kappa shape index (κ2) is 8.04. The van der Waals surface area contributed by atoms with Crippen molar-refractivity contribution in [2.75, 3.05) is 50.5 Å². The van der Waals surface area contributed by atoms with E-state index in [1.807, 2.05) is 0 Å². The Hall–Kier alpha value is -1.51. The molecule has 134 valence electrons. The fraction of sp³-hybridized carbons (Fsp3) is 0.533. The molecule has 0 unspecified atom stereocenters. The predicted molar refractivity (Wildman–Crippen MR) is 92.2 cm³/mol. The Morgan fingerprint density at radius 2 is 2.04 bits per heavy atom. The third-order valence-electron chi connectivity index (χ3n) is 3.70. The molecule has 0 saturated carbocycles. The number of sulfonamides is 1. The molecule has 1 heterocycles. The Kier molecular flexibility index (Phi) is 6.31. The first-order chi connectivity index (χ1) is 11.3. The van der Waals surface area contributed by atoms with Gasteiger partial charge in [-0.3, -0.25) is 9.10 Å². The summed E-state index contributed by atoms with van der Waals surface area (Å²) in [6, 6.07) is 4.73. The van der Waals surface area contributed by atoms with Crippen LogP contribution in [0.2, 0.25) is 5.02 Å². The minimum absolute atomic E-state index is 0.0196. The van der Waals surface area contributed by atoms with E-state index in [0.29, 0.717) is 42.8 Å². The van der Waals surface area contributed by atoms with Crippen molar-refractivity contribution in [2.45, 2.75) is 6.42 Å². The smallest absolute Gasteiger partial charge is 0.232 e. The van der Waals surface area contributed by atoms with E-state index in [2.05, 4.69) is 0 Å². The Bertz CT molecular complexity index is 689. The lowest BCUT2D eigenvalue weighted by Gasteiger charge is -2.29. The van der Waals surface area contributed by atoms with Gasteiger partial charge in [0.25, 0.3) is 0 Å². The fourth-order valence-electron chi connectivity index (χ4n) is 2.49. The van der Waals surface area contributed by atoms with Crippen LogP contribution in [0.15, 0.2) is 18.2 Å². The number of ether oxygens (including phenoxy) is 2. The van der Waals surface area contributed by atoms with Gasteiger partial charge in [-0.1, -0.05) is 11.6 Å². The van der Waals surface area contributed by atoms with E-state index in [0.717, 1.165) is 10.6 Å². The number of nitrogens with zero attached hydrogens (tertiary/aromatic N) is 2. The molecule has 1 aliphatic rings. The van der Waals surface area contributed by atoms with E-state index in [9.17, 15) is 13.2 Å². The number of methoxy groups -OCH3 is 1. The minimum atomic E-state index is -3.59. The molecule has 1 aliphatic heterocycles. The summed E-state index contributed by atoms with van der Waals surface area (Å²) < 4.78 is 35.9. The van der Waals surface area contributed by atoms with Crippen molar-refractivity contribution in [3.8, 4) is 5.75 Å². The van der Waals surface area contributed by atoms with Crippen LogP contribution in [0.3, 0.4) is 0 Å². The molecule has 24 heavy (non-hydrogen) atoms. The average molecular weight is 377 g/mol. The maximum Gasteiger partial charge on any atom is 0.232 e. The van der Waals surface area contributed by atoms with Gasteiger partial charge in [-0.15, -0.1) is 0 Å². The molecule has 0 bridgehead atoms. The SMILES string of the molecule is COc1ccc(Cl)cc1N(CCC(=O)N1CCOCC1)S(C)(=O)=O. The monoisotopic (exact) mass is 376 g/mol. The van der Waals surface area contributed by atoms with E-state index >= 15 is 0 Å². The van der Waals surface area contributed by atoms with E-state index in [-0.39, 0.29) is 18.9 Å². The Labute approximate surface area is 147 Å². The molecule has 9 heteroatoms. The molecule has 0 spiro atoms. The first-order valence-electron chi connectivity index (χ1n) is 7.49. The predicted octanol–water partition coefficient (Wildman–Crippen LogP) is 1.36. The van der Waals surface area contributed by atoms with Crippen molar-refractivity contribution >= 4 is 33.2 Å². The van der Waals surface area contributed by atoms with Crippen LogP contribution in [0.25, 0.3) is 0 Å². The van der Waals surface area contributed by atoms with Crippen LogP contribution in [0, 0.1) is 0 Å². The molecule has 1 saturated heterocycles. The lowest BCUT2D eigenvalue weighted by atomic mass is 10.2. The second-order valence-corrected chi connectivity index (χ2v) is 7.74. The first-order valence-corrected chi connectivity index (χ1v) is 9.72. The quantitative estimate of drug-likeness (QED) is 0.749. The number of benzene rings is 1. The number of anilines is 1. The average Bonchev–Trinajstić information content (AvgIpc) is 2.54. The fourth-order valence-corrected chi connectivity index (χ4v) is 3.58. The Morgan fingerprint density at radius 1 is 1.38 bits per heavy atom. The summed E-state index contributed by atoms with van der Waals surface area (Å²) in [5, 5.41) is 0.388. The molecule has 0 radical (unpaired) electrons. The molecule has 7 nitrogen and oxygen atoms in total. The molecular formula is C15H21ClN2O5S. The lowest BCUT2D eigenvalue weighted by molar-refractivity contribution is -0.135. The highest BCUT2D eigenvalue weighted by Crippen LogP contribution is 2.32. The van der Waals surface area contributed by atoms with E-state index in [1.165, 1.54) is 13.2 Å². The molecule has 1 aromatic rings.